The number of methoxy groups -OCH3 is 1. The van der Waals surface area contributed by atoms with Crippen molar-refractivity contribution < 1.29 is 14.6 Å². The summed E-state index contributed by atoms with van der Waals surface area (Å²) >= 11 is 0. The first-order valence-corrected chi connectivity index (χ1v) is 7.96. The number of aliphatic hydroxyl groups is 1. The largest absolute Gasteiger partial charge is 0.497 e. The van der Waals surface area contributed by atoms with Crippen molar-refractivity contribution in [2.45, 2.75) is 38.1 Å². The second-order valence-electron chi connectivity index (χ2n) is 5.81. The zero-order valence-corrected chi connectivity index (χ0v) is 13.1. The van der Waals surface area contributed by atoms with Crippen LogP contribution < -0.4 is 10.1 Å². The summed E-state index contributed by atoms with van der Waals surface area (Å²) in [4.78, 5) is 12.1. The van der Waals surface area contributed by atoms with Gasteiger partial charge in [-0.05, 0) is 36.6 Å². The number of hydrogen-bond donors (Lipinski definition) is 2. The third kappa shape index (κ3) is 4.88. The fourth-order valence-corrected chi connectivity index (χ4v) is 2.94. The van der Waals surface area contributed by atoms with E-state index in [-0.39, 0.29) is 24.5 Å². The SMILES string of the molecule is COc1cccc(/C=C/C(=O)NC2CCCCCC2CO)c1. The Balaban J connectivity index is 1.94. The molecule has 1 aliphatic carbocycles. The Labute approximate surface area is 132 Å². The van der Waals surface area contributed by atoms with Gasteiger partial charge in [0.2, 0.25) is 5.91 Å². The van der Waals surface area contributed by atoms with Crippen molar-refractivity contribution in [1.82, 2.24) is 5.32 Å². The Morgan fingerprint density at radius 3 is 2.95 bits per heavy atom. The van der Waals surface area contributed by atoms with Gasteiger partial charge >= 0.3 is 0 Å². The summed E-state index contributed by atoms with van der Waals surface area (Å²) in [6, 6.07) is 7.65. The molecule has 22 heavy (non-hydrogen) atoms. The number of hydrogen-bond acceptors (Lipinski definition) is 3. The average Bonchev–Trinajstić information content (AvgIpc) is 2.78. The number of nitrogens with one attached hydrogen (secondary N) is 1. The first kappa shape index (κ1) is 16.6. The van der Waals surface area contributed by atoms with Crippen LogP contribution in [0, 0.1) is 5.92 Å². The molecule has 4 heteroatoms. The van der Waals surface area contributed by atoms with Crippen LogP contribution in [0.15, 0.2) is 30.3 Å². The summed E-state index contributed by atoms with van der Waals surface area (Å²) in [5.41, 5.74) is 0.925. The van der Waals surface area contributed by atoms with Crippen molar-refractivity contribution in [2.75, 3.05) is 13.7 Å². The lowest BCUT2D eigenvalue weighted by molar-refractivity contribution is -0.117. The number of carbonyl (C=O) groups excluding carboxylic acids is 1. The molecule has 0 spiro atoms. The molecular formula is C18H25NO3. The molecule has 4 nitrogen and oxygen atoms in total. The van der Waals surface area contributed by atoms with Gasteiger partial charge in [-0.15, -0.1) is 0 Å². The molecule has 2 N–H and O–H groups in total. The molecule has 1 aliphatic rings. The van der Waals surface area contributed by atoms with Crippen molar-refractivity contribution in [1.29, 1.82) is 0 Å². The molecule has 1 fully saturated rings. The highest BCUT2D eigenvalue weighted by Gasteiger charge is 2.23. The monoisotopic (exact) mass is 303 g/mol. The molecule has 2 unspecified atom stereocenters. The van der Waals surface area contributed by atoms with Crippen molar-refractivity contribution in [3.05, 3.63) is 35.9 Å². The van der Waals surface area contributed by atoms with Gasteiger partial charge in [0.25, 0.3) is 0 Å². The smallest absolute Gasteiger partial charge is 0.244 e. The number of carbonyl (C=O) groups is 1. The predicted molar refractivity (Wildman–Crippen MR) is 87.6 cm³/mol. The minimum absolute atomic E-state index is 0.0787. The van der Waals surface area contributed by atoms with Crippen LogP contribution in [-0.2, 0) is 4.79 Å². The fraction of sp³-hybridized carbons (Fsp3) is 0.500. The molecule has 0 aliphatic heterocycles. The molecule has 1 saturated carbocycles. The van der Waals surface area contributed by atoms with E-state index in [0.29, 0.717) is 0 Å². The van der Waals surface area contributed by atoms with Crippen LogP contribution in [0.2, 0.25) is 0 Å². The summed E-state index contributed by atoms with van der Waals surface area (Å²) in [6.07, 6.45) is 8.70. The molecule has 0 saturated heterocycles. The van der Waals surface area contributed by atoms with Crippen molar-refractivity contribution in [2.24, 2.45) is 5.92 Å². The van der Waals surface area contributed by atoms with Crippen LogP contribution in [0.25, 0.3) is 6.08 Å². The Kier molecular flexibility index (Phi) is 6.46. The standard InChI is InChI=1S/C18H25NO3/c1-22-16-8-5-6-14(12-16)10-11-18(21)19-17-9-4-2-3-7-15(17)13-20/h5-6,8,10-12,15,17,20H,2-4,7,9,13H2,1H3,(H,19,21)/b11-10+. The number of benzene rings is 1. The van der Waals surface area contributed by atoms with Gasteiger partial charge in [0, 0.05) is 24.6 Å². The van der Waals surface area contributed by atoms with Crippen LogP contribution in [0.4, 0.5) is 0 Å². The summed E-state index contributed by atoms with van der Waals surface area (Å²) in [6.45, 7) is 0.143. The van der Waals surface area contributed by atoms with Crippen LogP contribution in [-0.4, -0.2) is 30.8 Å². The van der Waals surface area contributed by atoms with E-state index in [0.717, 1.165) is 37.0 Å². The topological polar surface area (TPSA) is 58.6 Å². The quantitative estimate of drug-likeness (QED) is 0.649. The molecule has 0 bridgehead atoms. The van der Waals surface area contributed by atoms with Crippen LogP contribution in [0.5, 0.6) is 5.75 Å². The number of aliphatic hydroxyl groups excluding tert-OH is 1. The van der Waals surface area contributed by atoms with Crippen LogP contribution in [0.1, 0.15) is 37.7 Å². The van der Waals surface area contributed by atoms with Gasteiger partial charge in [-0.1, -0.05) is 31.4 Å². The molecular weight excluding hydrogens is 278 g/mol. The van der Waals surface area contributed by atoms with Crippen LogP contribution in [0.3, 0.4) is 0 Å². The highest BCUT2D eigenvalue weighted by molar-refractivity contribution is 5.92. The van der Waals surface area contributed by atoms with Gasteiger partial charge in [-0.3, -0.25) is 4.79 Å². The minimum Gasteiger partial charge on any atom is -0.497 e. The van der Waals surface area contributed by atoms with Crippen molar-refractivity contribution in [3.63, 3.8) is 0 Å². The zero-order chi connectivity index (χ0) is 15.8. The van der Waals surface area contributed by atoms with Gasteiger partial charge in [0.05, 0.1) is 7.11 Å². The third-order valence-corrected chi connectivity index (χ3v) is 4.24. The van der Waals surface area contributed by atoms with E-state index in [9.17, 15) is 9.90 Å². The van der Waals surface area contributed by atoms with Crippen molar-refractivity contribution >= 4 is 12.0 Å². The maximum atomic E-state index is 12.1. The lowest BCUT2D eigenvalue weighted by Gasteiger charge is -2.23. The lowest BCUT2D eigenvalue weighted by atomic mass is 9.95. The Morgan fingerprint density at radius 2 is 2.18 bits per heavy atom. The van der Waals surface area contributed by atoms with Gasteiger partial charge in [0.1, 0.15) is 5.75 Å². The second kappa shape index (κ2) is 8.59. The summed E-state index contributed by atoms with van der Waals surface area (Å²) in [5.74, 6) is 0.844. The number of amides is 1. The third-order valence-electron chi connectivity index (χ3n) is 4.24. The first-order valence-electron chi connectivity index (χ1n) is 7.96. The van der Waals surface area contributed by atoms with Gasteiger partial charge in [-0.2, -0.15) is 0 Å². The number of rotatable bonds is 5. The Morgan fingerprint density at radius 1 is 1.36 bits per heavy atom. The van der Waals surface area contributed by atoms with E-state index in [1.165, 1.54) is 6.42 Å². The second-order valence-corrected chi connectivity index (χ2v) is 5.81. The molecule has 120 valence electrons. The average molecular weight is 303 g/mol. The van der Waals surface area contributed by atoms with Gasteiger partial charge in [0.15, 0.2) is 0 Å². The lowest BCUT2D eigenvalue weighted by Crippen LogP contribution is -2.40. The summed E-state index contributed by atoms with van der Waals surface area (Å²) in [7, 11) is 1.62. The van der Waals surface area contributed by atoms with E-state index in [4.69, 9.17) is 4.74 Å². The van der Waals surface area contributed by atoms with E-state index in [1.807, 2.05) is 24.3 Å². The minimum atomic E-state index is -0.104. The fourth-order valence-electron chi connectivity index (χ4n) is 2.94. The normalized spacial score (nSPS) is 22.3. The molecule has 1 aromatic rings. The summed E-state index contributed by atoms with van der Waals surface area (Å²) in [5, 5.41) is 12.5. The predicted octanol–water partition coefficient (Wildman–Crippen LogP) is 2.77. The first-order chi connectivity index (χ1) is 10.7. The number of ether oxygens (including phenoxy) is 1. The van der Waals surface area contributed by atoms with E-state index >= 15 is 0 Å². The van der Waals surface area contributed by atoms with Gasteiger partial charge < -0.3 is 15.2 Å². The van der Waals surface area contributed by atoms with Crippen molar-refractivity contribution in [3.8, 4) is 5.75 Å². The Bertz CT molecular complexity index is 513. The maximum absolute atomic E-state index is 12.1. The van der Waals surface area contributed by atoms with E-state index in [2.05, 4.69) is 5.32 Å². The summed E-state index contributed by atoms with van der Waals surface area (Å²) < 4.78 is 5.16. The molecule has 1 aromatic carbocycles. The highest BCUT2D eigenvalue weighted by Crippen LogP contribution is 2.23. The molecule has 0 radical (unpaired) electrons. The Hall–Kier alpha value is -1.81. The molecule has 2 atom stereocenters. The molecule has 1 amide bonds. The zero-order valence-electron chi connectivity index (χ0n) is 13.1. The van der Waals surface area contributed by atoms with Crippen LogP contribution >= 0.6 is 0 Å². The highest BCUT2D eigenvalue weighted by atomic mass is 16.5. The maximum Gasteiger partial charge on any atom is 0.244 e. The van der Waals surface area contributed by atoms with E-state index < -0.39 is 0 Å². The van der Waals surface area contributed by atoms with E-state index in [1.54, 1.807) is 19.3 Å². The molecule has 0 heterocycles. The molecule has 2 rings (SSSR count). The van der Waals surface area contributed by atoms with Gasteiger partial charge in [-0.25, -0.2) is 0 Å². The molecule has 0 aromatic heterocycles.